The molecule has 104 valence electrons. The molecule has 0 aliphatic rings. The lowest BCUT2D eigenvalue weighted by Gasteiger charge is -2.08. The lowest BCUT2D eigenvalue weighted by molar-refractivity contribution is -0.384. The van der Waals surface area contributed by atoms with Gasteiger partial charge in [-0.05, 0) is 13.0 Å². The summed E-state index contributed by atoms with van der Waals surface area (Å²) in [5.74, 6) is -0.0470. The molecule has 3 N–H and O–H groups in total. The van der Waals surface area contributed by atoms with Crippen LogP contribution in [0.15, 0.2) is 18.2 Å². The summed E-state index contributed by atoms with van der Waals surface area (Å²) in [7, 11) is 1.69. The van der Waals surface area contributed by atoms with Crippen molar-refractivity contribution in [3.05, 3.63) is 28.3 Å². The number of nitrogens with zero attached hydrogens (tertiary/aromatic N) is 1. The first kappa shape index (κ1) is 14.7. The van der Waals surface area contributed by atoms with E-state index in [9.17, 15) is 14.9 Å². The van der Waals surface area contributed by atoms with Crippen molar-refractivity contribution in [1.82, 2.24) is 5.32 Å². The zero-order valence-corrected chi connectivity index (χ0v) is 11.0. The summed E-state index contributed by atoms with van der Waals surface area (Å²) in [4.78, 5) is 21.6. The number of benzene rings is 1. The van der Waals surface area contributed by atoms with Crippen molar-refractivity contribution < 1.29 is 9.72 Å². The number of anilines is 2. The molecule has 0 atom stereocenters. The fourth-order valence-electron chi connectivity index (χ4n) is 1.57. The maximum Gasteiger partial charge on any atom is 0.273 e. The zero-order valence-electron chi connectivity index (χ0n) is 11.0. The smallest absolute Gasteiger partial charge is 0.273 e. The van der Waals surface area contributed by atoms with E-state index < -0.39 is 4.92 Å². The Bertz CT molecular complexity index is 462. The van der Waals surface area contributed by atoms with Crippen molar-refractivity contribution in [2.75, 3.05) is 30.8 Å². The number of hydrogen-bond donors (Lipinski definition) is 3. The van der Waals surface area contributed by atoms with Crippen molar-refractivity contribution >= 4 is 23.0 Å². The van der Waals surface area contributed by atoms with E-state index in [0.29, 0.717) is 30.9 Å². The third-order valence-corrected chi connectivity index (χ3v) is 2.47. The van der Waals surface area contributed by atoms with Gasteiger partial charge in [-0.3, -0.25) is 14.9 Å². The number of non-ortho nitro benzene ring substituents is 1. The molecular formula is C12H18N4O3. The van der Waals surface area contributed by atoms with Gasteiger partial charge >= 0.3 is 0 Å². The molecule has 0 fully saturated rings. The minimum absolute atomic E-state index is 0.00681. The second-order valence-electron chi connectivity index (χ2n) is 3.91. The summed E-state index contributed by atoms with van der Waals surface area (Å²) in [6.45, 7) is 2.88. The molecule has 1 rings (SSSR count). The number of nitro benzene ring substituents is 1. The maximum absolute atomic E-state index is 11.3. The minimum atomic E-state index is -0.449. The van der Waals surface area contributed by atoms with Crippen LogP contribution in [0.1, 0.15) is 13.3 Å². The number of rotatable bonds is 7. The fourth-order valence-corrected chi connectivity index (χ4v) is 1.57. The van der Waals surface area contributed by atoms with Crippen molar-refractivity contribution in [1.29, 1.82) is 0 Å². The summed E-state index contributed by atoms with van der Waals surface area (Å²) in [5, 5.41) is 19.3. The normalized spacial score (nSPS) is 9.79. The van der Waals surface area contributed by atoms with Crippen LogP contribution in [0.5, 0.6) is 0 Å². The molecule has 1 aromatic rings. The summed E-state index contributed by atoms with van der Waals surface area (Å²) < 4.78 is 0. The van der Waals surface area contributed by atoms with Crippen LogP contribution in [0.4, 0.5) is 17.1 Å². The van der Waals surface area contributed by atoms with Gasteiger partial charge in [-0.1, -0.05) is 0 Å². The highest BCUT2D eigenvalue weighted by Crippen LogP contribution is 2.23. The van der Waals surface area contributed by atoms with Gasteiger partial charge in [-0.25, -0.2) is 0 Å². The van der Waals surface area contributed by atoms with Crippen molar-refractivity contribution in [3.63, 3.8) is 0 Å². The quantitative estimate of drug-likeness (QED) is 0.514. The average molecular weight is 266 g/mol. The molecule has 0 aliphatic carbocycles. The number of nitrogens with one attached hydrogen (secondary N) is 3. The Morgan fingerprint density at radius 2 is 2.00 bits per heavy atom. The lowest BCUT2D eigenvalue weighted by atomic mass is 10.2. The highest BCUT2D eigenvalue weighted by atomic mass is 16.6. The predicted octanol–water partition coefficient (Wildman–Crippen LogP) is 1.57. The fraction of sp³-hybridized carbons (Fsp3) is 0.417. The number of hydrogen-bond acceptors (Lipinski definition) is 5. The number of amides is 1. The summed E-state index contributed by atoms with van der Waals surface area (Å²) in [6.07, 6.45) is 0.325. The summed E-state index contributed by atoms with van der Waals surface area (Å²) in [6, 6.07) is 4.65. The third-order valence-electron chi connectivity index (χ3n) is 2.47. The van der Waals surface area contributed by atoms with Gasteiger partial charge in [-0.2, -0.15) is 0 Å². The Morgan fingerprint density at radius 1 is 1.32 bits per heavy atom. The van der Waals surface area contributed by atoms with Gasteiger partial charge in [0.05, 0.1) is 4.92 Å². The first-order valence-corrected chi connectivity index (χ1v) is 6.04. The molecule has 0 aromatic heterocycles. The number of nitro groups is 1. The van der Waals surface area contributed by atoms with Crippen molar-refractivity contribution in [2.24, 2.45) is 0 Å². The van der Waals surface area contributed by atoms with Crippen LogP contribution in [-0.2, 0) is 4.79 Å². The Balaban J connectivity index is 2.64. The highest BCUT2D eigenvalue weighted by molar-refractivity contribution is 5.76. The van der Waals surface area contributed by atoms with Gasteiger partial charge in [0, 0.05) is 50.1 Å². The van der Waals surface area contributed by atoms with Gasteiger partial charge in [0.15, 0.2) is 0 Å². The minimum Gasteiger partial charge on any atom is -0.388 e. The topological polar surface area (TPSA) is 96.3 Å². The maximum atomic E-state index is 11.3. The second kappa shape index (κ2) is 7.20. The van der Waals surface area contributed by atoms with E-state index in [4.69, 9.17) is 0 Å². The van der Waals surface area contributed by atoms with Crippen LogP contribution in [0.25, 0.3) is 0 Å². The number of carbonyl (C=O) groups excluding carboxylic acids is 1. The molecule has 19 heavy (non-hydrogen) atoms. The molecule has 0 bridgehead atoms. The standard InChI is InChI=1S/C12H18N4O3/c1-3-14-12(17)4-5-15-10-6-9(13-2)7-11(8-10)16(18)19/h6-8,13,15H,3-5H2,1-2H3,(H,14,17). The Hall–Kier alpha value is -2.31. The van der Waals surface area contributed by atoms with E-state index in [1.54, 1.807) is 13.1 Å². The van der Waals surface area contributed by atoms with Gasteiger partial charge in [-0.15, -0.1) is 0 Å². The van der Waals surface area contributed by atoms with Crippen LogP contribution in [-0.4, -0.2) is 31.0 Å². The predicted molar refractivity (Wildman–Crippen MR) is 74.4 cm³/mol. The van der Waals surface area contributed by atoms with Crippen LogP contribution in [0.3, 0.4) is 0 Å². The van der Waals surface area contributed by atoms with Crippen molar-refractivity contribution in [3.8, 4) is 0 Å². The van der Waals surface area contributed by atoms with E-state index in [0.717, 1.165) is 0 Å². The van der Waals surface area contributed by atoms with E-state index in [1.807, 2.05) is 6.92 Å². The Labute approximate surface area is 111 Å². The SMILES string of the molecule is CCNC(=O)CCNc1cc(NC)cc([N+](=O)[O-])c1. The summed E-state index contributed by atoms with van der Waals surface area (Å²) in [5.41, 5.74) is 1.27. The van der Waals surface area contributed by atoms with Crippen LogP contribution < -0.4 is 16.0 Å². The molecule has 1 amide bonds. The highest BCUT2D eigenvalue weighted by Gasteiger charge is 2.09. The molecule has 0 aliphatic heterocycles. The molecule has 7 heteroatoms. The van der Waals surface area contributed by atoms with Crippen LogP contribution >= 0.6 is 0 Å². The van der Waals surface area contributed by atoms with Crippen LogP contribution in [0, 0.1) is 10.1 Å². The Morgan fingerprint density at radius 3 is 2.58 bits per heavy atom. The van der Waals surface area contributed by atoms with Crippen molar-refractivity contribution in [2.45, 2.75) is 13.3 Å². The molecule has 0 unspecified atom stereocenters. The van der Waals surface area contributed by atoms with Gasteiger partial charge < -0.3 is 16.0 Å². The molecule has 0 spiro atoms. The van der Waals surface area contributed by atoms with Gasteiger partial charge in [0.25, 0.3) is 5.69 Å². The largest absolute Gasteiger partial charge is 0.388 e. The van der Waals surface area contributed by atoms with Gasteiger partial charge in [0.1, 0.15) is 0 Å². The molecule has 0 saturated heterocycles. The lowest BCUT2D eigenvalue weighted by Crippen LogP contribution is -2.24. The van der Waals surface area contributed by atoms with E-state index >= 15 is 0 Å². The average Bonchev–Trinajstić information content (AvgIpc) is 2.38. The molecule has 1 aromatic carbocycles. The van der Waals surface area contributed by atoms with E-state index in [-0.39, 0.29) is 11.6 Å². The molecule has 0 radical (unpaired) electrons. The molecule has 0 heterocycles. The third kappa shape index (κ3) is 4.82. The van der Waals surface area contributed by atoms with E-state index in [2.05, 4.69) is 16.0 Å². The second-order valence-corrected chi connectivity index (χ2v) is 3.91. The Kier molecular flexibility index (Phi) is 5.59. The summed E-state index contributed by atoms with van der Waals surface area (Å²) >= 11 is 0. The van der Waals surface area contributed by atoms with E-state index in [1.165, 1.54) is 12.1 Å². The molecular weight excluding hydrogens is 248 g/mol. The van der Waals surface area contributed by atoms with Crippen LogP contribution in [0.2, 0.25) is 0 Å². The first-order chi connectivity index (χ1) is 9.06. The zero-order chi connectivity index (χ0) is 14.3. The molecule has 7 nitrogen and oxygen atoms in total. The first-order valence-electron chi connectivity index (χ1n) is 6.04. The monoisotopic (exact) mass is 266 g/mol. The molecule has 0 saturated carbocycles. The number of carbonyl (C=O) groups is 1. The van der Waals surface area contributed by atoms with Gasteiger partial charge in [0.2, 0.25) is 5.91 Å².